The van der Waals surface area contributed by atoms with Crippen molar-refractivity contribution < 1.29 is 38.7 Å². The van der Waals surface area contributed by atoms with E-state index in [0.717, 1.165) is 5.56 Å². The number of H-pyrrole nitrogens is 1. The SMILES string of the molecule is O=C(/C=C/c1ccccc1)c1cc[nH+]cc1.[O-][Cl+3]([O-])([O-])O. The third-order valence-electron chi connectivity index (χ3n) is 2.23. The molecule has 110 valence electrons. The molecule has 0 radical (unpaired) electrons. The first-order valence-corrected chi connectivity index (χ1v) is 6.99. The molecule has 2 N–H and O–H groups in total. The van der Waals surface area contributed by atoms with Crippen LogP contribution in [0.25, 0.3) is 6.08 Å². The summed E-state index contributed by atoms with van der Waals surface area (Å²) in [6, 6.07) is 13.3. The van der Waals surface area contributed by atoms with Gasteiger partial charge in [0, 0.05) is 17.7 Å². The Balaban J connectivity index is 0.000000383. The average molecular weight is 311 g/mol. The monoisotopic (exact) mass is 310 g/mol. The molecule has 0 spiro atoms. The molecular weight excluding hydrogens is 298 g/mol. The Labute approximate surface area is 123 Å². The van der Waals surface area contributed by atoms with E-state index in [4.69, 9.17) is 18.6 Å². The van der Waals surface area contributed by atoms with E-state index in [1.165, 1.54) is 0 Å². The van der Waals surface area contributed by atoms with E-state index in [9.17, 15) is 4.79 Å². The summed E-state index contributed by atoms with van der Waals surface area (Å²) in [4.78, 5) is 14.6. The zero-order chi connectivity index (χ0) is 15.7. The predicted molar refractivity (Wildman–Crippen MR) is 65.0 cm³/mol. The second kappa shape index (κ2) is 8.25. The highest BCUT2D eigenvalue weighted by Gasteiger charge is 2.01. The Morgan fingerprint density at radius 1 is 1.05 bits per heavy atom. The van der Waals surface area contributed by atoms with Gasteiger partial charge in [-0.25, -0.2) is 4.98 Å². The molecule has 0 fully saturated rings. The van der Waals surface area contributed by atoms with Crippen molar-refractivity contribution in [2.45, 2.75) is 0 Å². The molecule has 2 rings (SSSR count). The largest absolute Gasteiger partial charge is 0.289 e. The number of aromatic amines is 1. The molecule has 1 aromatic heterocycles. The number of halogens is 1. The van der Waals surface area contributed by atoms with Gasteiger partial charge >= 0.3 is 0 Å². The van der Waals surface area contributed by atoms with E-state index in [2.05, 4.69) is 4.98 Å². The van der Waals surface area contributed by atoms with E-state index in [-0.39, 0.29) is 5.78 Å². The van der Waals surface area contributed by atoms with Gasteiger partial charge in [-0.3, -0.25) is 4.79 Å². The first-order chi connectivity index (χ1) is 9.86. The molecule has 1 heterocycles. The van der Waals surface area contributed by atoms with E-state index in [0.29, 0.717) is 5.56 Å². The molecule has 0 amide bonds. The molecule has 0 bridgehead atoms. The lowest BCUT2D eigenvalue weighted by Gasteiger charge is -2.03. The van der Waals surface area contributed by atoms with Crippen LogP contribution in [0.1, 0.15) is 15.9 Å². The lowest BCUT2D eigenvalue weighted by molar-refractivity contribution is -1.92. The van der Waals surface area contributed by atoms with Crippen LogP contribution in [-0.4, -0.2) is 10.4 Å². The van der Waals surface area contributed by atoms with Crippen LogP contribution >= 0.6 is 0 Å². The Morgan fingerprint density at radius 2 is 1.57 bits per heavy atom. The maximum atomic E-state index is 11.7. The molecule has 0 saturated carbocycles. The zero-order valence-corrected chi connectivity index (χ0v) is 11.6. The molecule has 2 aromatic rings. The molecule has 0 aliphatic heterocycles. The van der Waals surface area contributed by atoms with Crippen LogP contribution in [0.2, 0.25) is 0 Å². The number of hydrogen-bond acceptors (Lipinski definition) is 5. The van der Waals surface area contributed by atoms with Crippen LogP contribution in [0.5, 0.6) is 0 Å². The Bertz CT molecular complexity index is 575. The standard InChI is InChI=1S/C14H11NO.ClHO4/c16-14(13-8-10-15-11-9-13)7-6-12-4-2-1-3-5-12;2-1(3,4)5/h1-11H;(H,2,3,4,5)/p+1/b7-6+;. The normalized spacial score (nSPS) is 10.9. The van der Waals surface area contributed by atoms with Gasteiger partial charge in [0.15, 0.2) is 18.2 Å². The van der Waals surface area contributed by atoms with Gasteiger partial charge in [-0.05, 0) is 11.6 Å². The molecular formula is C14H13ClNO5+. The van der Waals surface area contributed by atoms with Gasteiger partial charge in [0.25, 0.3) is 0 Å². The van der Waals surface area contributed by atoms with Crippen LogP contribution in [0.4, 0.5) is 0 Å². The van der Waals surface area contributed by atoms with Crippen molar-refractivity contribution in [3.8, 4) is 0 Å². The van der Waals surface area contributed by atoms with Crippen molar-refractivity contribution in [1.29, 1.82) is 0 Å². The molecule has 21 heavy (non-hydrogen) atoms. The molecule has 6 nitrogen and oxygen atoms in total. The number of nitrogens with one attached hydrogen (secondary N) is 1. The van der Waals surface area contributed by atoms with Crippen LogP contribution in [-0.2, 0) is 0 Å². The third kappa shape index (κ3) is 8.64. The summed E-state index contributed by atoms with van der Waals surface area (Å²) in [5, 5.41) is 0. The van der Waals surface area contributed by atoms with E-state index < -0.39 is 10.2 Å². The van der Waals surface area contributed by atoms with E-state index >= 15 is 0 Å². The first-order valence-electron chi connectivity index (χ1n) is 5.73. The second-order valence-electron chi connectivity index (χ2n) is 3.79. The summed E-state index contributed by atoms with van der Waals surface area (Å²) in [5.41, 5.74) is 1.71. The van der Waals surface area contributed by atoms with E-state index in [1.807, 2.05) is 36.4 Å². The highest BCUT2D eigenvalue weighted by atomic mass is 35.7. The van der Waals surface area contributed by atoms with Crippen molar-refractivity contribution in [2.75, 3.05) is 0 Å². The zero-order valence-electron chi connectivity index (χ0n) is 10.8. The number of hydrogen-bond donors (Lipinski definition) is 1. The quantitative estimate of drug-likeness (QED) is 0.533. The Kier molecular flexibility index (Phi) is 6.67. The number of aromatic nitrogens is 1. The topological polar surface area (TPSA) is 121 Å². The van der Waals surface area contributed by atoms with Crippen molar-refractivity contribution in [3.05, 3.63) is 72.1 Å². The number of carbonyl (C=O) groups excluding carboxylic acids is 1. The number of allylic oxidation sites excluding steroid dienone is 1. The maximum absolute atomic E-state index is 11.7. The minimum Gasteiger partial charge on any atom is -0.289 e. The molecule has 0 aliphatic carbocycles. The third-order valence-corrected chi connectivity index (χ3v) is 2.23. The minimum absolute atomic E-state index is 0.0119. The van der Waals surface area contributed by atoms with Gasteiger partial charge in [-0.15, -0.1) is 0 Å². The van der Waals surface area contributed by atoms with Crippen LogP contribution in [0, 0.1) is 10.2 Å². The van der Waals surface area contributed by atoms with Crippen molar-refractivity contribution in [2.24, 2.45) is 0 Å². The molecule has 7 heteroatoms. The smallest absolute Gasteiger partial charge is 0.186 e. The Hall–Kier alpha value is -2.09. The number of ketones is 1. The van der Waals surface area contributed by atoms with E-state index in [1.54, 1.807) is 30.6 Å². The molecule has 1 aromatic carbocycles. The van der Waals surface area contributed by atoms with Gasteiger partial charge in [0.05, 0.1) is 14.9 Å². The van der Waals surface area contributed by atoms with Crippen LogP contribution in [0.3, 0.4) is 0 Å². The van der Waals surface area contributed by atoms with Crippen LogP contribution < -0.4 is 19.0 Å². The van der Waals surface area contributed by atoms with Crippen molar-refractivity contribution in [1.82, 2.24) is 0 Å². The number of benzene rings is 1. The minimum atomic E-state index is -4.69. The predicted octanol–water partition coefficient (Wildman–Crippen LogP) is -1.73. The highest BCUT2D eigenvalue weighted by molar-refractivity contribution is 6.06. The molecule has 0 saturated heterocycles. The molecule has 0 unspecified atom stereocenters. The van der Waals surface area contributed by atoms with Crippen LogP contribution in [0.15, 0.2) is 60.9 Å². The fraction of sp³-hybridized carbons (Fsp3) is 0. The summed E-state index contributed by atoms with van der Waals surface area (Å²) in [6.45, 7) is 0. The van der Waals surface area contributed by atoms with Gasteiger partial charge in [-0.2, -0.15) is 14.0 Å². The lowest BCUT2D eigenvalue weighted by Crippen LogP contribution is -2.58. The van der Waals surface area contributed by atoms with Crippen molar-refractivity contribution >= 4 is 11.9 Å². The highest BCUT2D eigenvalue weighted by Crippen LogP contribution is 2.04. The summed E-state index contributed by atoms with van der Waals surface area (Å²) in [6.07, 6.45) is 6.89. The fourth-order valence-electron chi connectivity index (χ4n) is 1.38. The van der Waals surface area contributed by atoms with Gasteiger partial charge < -0.3 is 0 Å². The average Bonchev–Trinajstić information content (AvgIpc) is 2.45. The number of rotatable bonds is 3. The van der Waals surface area contributed by atoms with Gasteiger partial charge in [0.1, 0.15) is 0 Å². The van der Waals surface area contributed by atoms with Gasteiger partial charge in [-0.1, -0.05) is 36.4 Å². The second-order valence-corrected chi connectivity index (χ2v) is 4.58. The van der Waals surface area contributed by atoms with Crippen molar-refractivity contribution in [3.63, 3.8) is 0 Å². The summed E-state index contributed by atoms with van der Waals surface area (Å²) in [7, 11) is -4.69. The first kappa shape index (κ1) is 17.0. The summed E-state index contributed by atoms with van der Waals surface area (Å²) in [5.74, 6) is 0.0119. The maximum Gasteiger partial charge on any atom is 0.186 e. The number of pyridine rings is 1. The Morgan fingerprint density at radius 3 is 2.10 bits per heavy atom. The number of carbonyl (C=O) groups is 1. The molecule has 0 aliphatic rings. The lowest BCUT2D eigenvalue weighted by atomic mass is 10.1. The summed E-state index contributed by atoms with van der Waals surface area (Å²) >= 11 is 0. The summed E-state index contributed by atoms with van der Waals surface area (Å²) < 4.78 is 32.7. The molecule has 0 atom stereocenters. The van der Waals surface area contributed by atoms with Gasteiger partial charge in [0.2, 0.25) is 0 Å². The fourth-order valence-corrected chi connectivity index (χ4v) is 1.38.